The van der Waals surface area contributed by atoms with Crippen molar-refractivity contribution in [3.05, 3.63) is 40.4 Å². The molecule has 3 N–H and O–H groups in total. The summed E-state index contributed by atoms with van der Waals surface area (Å²) in [5.41, 5.74) is 5.29. The summed E-state index contributed by atoms with van der Waals surface area (Å²) >= 11 is 0.894. The molecular weight excluding hydrogens is 390 g/mol. The molecule has 0 radical (unpaired) electrons. The highest BCUT2D eigenvalue weighted by Crippen LogP contribution is 2.28. The van der Waals surface area contributed by atoms with Crippen molar-refractivity contribution in [1.82, 2.24) is 19.4 Å². The Morgan fingerprint density at radius 3 is 2.59 bits per heavy atom. The van der Waals surface area contributed by atoms with E-state index in [4.69, 9.17) is 5.73 Å². The summed E-state index contributed by atoms with van der Waals surface area (Å²) in [6.45, 7) is 4.34. The summed E-state index contributed by atoms with van der Waals surface area (Å²) in [6.07, 6.45) is 5.33. The number of nitrogens with two attached hydrogens (primary N) is 1. The SMILES string of the molecule is C=C(/C=C(\SCNC(=O)c1ccn(C)n1)S(=O)(=O)N1CCCCC1)C(N)=O. The third-order valence-corrected chi connectivity index (χ3v) is 7.26. The summed E-state index contributed by atoms with van der Waals surface area (Å²) in [7, 11) is -2.11. The van der Waals surface area contributed by atoms with Gasteiger partial charge < -0.3 is 11.1 Å². The number of aromatic nitrogens is 2. The van der Waals surface area contributed by atoms with Gasteiger partial charge in [0.15, 0.2) is 0 Å². The molecule has 11 heteroatoms. The van der Waals surface area contributed by atoms with Gasteiger partial charge in [0, 0.05) is 31.9 Å². The van der Waals surface area contributed by atoms with E-state index in [1.165, 1.54) is 8.99 Å². The Balaban J connectivity index is 2.11. The number of hydrogen-bond acceptors (Lipinski definition) is 6. The molecule has 2 amide bonds. The van der Waals surface area contributed by atoms with Crippen LogP contribution in [0.2, 0.25) is 0 Å². The third-order valence-electron chi connectivity index (χ3n) is 3.91. The van der Waals surface area contributed by atoms with Crippen LogP contribution >= 0.6 is 11.8 Å². The number of rotatable bonds is 8. The van der Waals surface area contributed by atoms with Crippen LogP contribution in [0.5, 0.6) is 0 Å². The van der Waals surface area contributed by atoms with Crippen molar-refractivity contribution in [1.29, 1.82) is 0 Å². The zero-order chi connectivity index (χ0) is 20.0. The fourth-order valence-corrected chi connectivity index (χ4v) is 5.38. The minimum atomic E-state index is -3.79. The normalized spacial score (nSPS) is 16.1. The first-order valence-corrected chi connectivity index (χ1v) is 10.8. The Labute approximate surface area is 162 Å². The molecule has 148 valence electrons. The van der Waals surface area contributed by atoms with Crippen LogP contribution in [0.1, 0.15) is 29.8 Å². The number of nitrogens with zero attached hydrogens (tertiary/aromatic N) is 3. The first-order valence-electron chi connectivity index (χ1n) is 8.33. The molecule has 1 aliphatic rings. The third kappa shape index (κ3) is 5.68. The summed E-state index contributed by atoms with van der Waals surface area (Å²) in [4.78, 5) is 23.3. The van der Waals surface area contributed by atoms with E-state index in [0.29, 0.717) is 13.1 Å². The van der Waals surface area contributed by atoms with E-state index in [1.54, 1.807) is 19.3 Å². The topological polar surface area (TPSA) is 127 Å². The van der Waals surface area contributed by atoms with Crippen LogP contribution in [0.25, 0.3) is 0 Å². The number of sulfonamides is 1. The Morgan fingerprint density at radius 2 is 2.04 bits per heavy atom. The molecule has 0 saturated carbocycles. The van der Waals surface area contributed by atoms with Crippen molar-refractivity contribution >= 4 is 33.6 Å². The van der Waals surface area contributed by atoms with E-state index in [2.05, 4.69) is 17.0 Å². The van der Waals surface area contributed by atoms with Crippen LogP contribution in [0.3, 0.4) is 0 Å². The standard InChI is InChI=1S/C16H23N5O4S2/c1-12(15(17)22)10-14(27(24,25)21-7-4-3-5-8-21)26-11-18-16(23)13-6-9-20(2)19-13/h6,9-10H,1,3-5,7-8,11H2,2H3,(H2,17,22)(H,18,23)/b14-10+. The molecule has 1 saturated heterocycles. The molecule has 1 aromatic heterocycles. The molecule has 1 aromatic rings. The van der Waals surface area contributed by atoms with Gasteiger partial charge in [0.25, 0.3) is 5.91 Å². The highest BCUT2D eigenvalue weighted by atomic mass is 32.3. The van der Waals surface area contributed by atoms with Crippen LogP contribution in [0.15, 0.2) is 34.7 Å². The summed E-state index contributed by atoms with van der Waals surface area (Å²) < 4.78 is 28.6. The summed E-state index contributed by atoms with van der Waals surface area (Å²) in [6, 6.07) is 1.55. The van der Waals surface area contributed by atoms with Crippen LogP contribution in [-0.2, 0) is 21.9 Å². The largest absolute Gasteiger partial charge is 0.366 e. The number of thioether (sulfide) groups is 1. The first-order chi connectivity index (χ1) is 12.7. The lowest BCUT2D eigenvalue weighted by molar-refractivity contribution is -0.114. The lowest BCUT2D eigenvalue weighted by atomic mass is 10.2. The van der Waals surface area contributed by atoms with Gasteiger partial charge in [-0.15, -0.1) is 0 Å². The number of aryl methyl sites for hydroxylation is 1. The summed E-state index contributed by atoms with van der Waals surface area (Å²) in [5.74, 6) is -1.24. The van der Waals surface area contributed by atoms with E-state index in [1.807, 2.05) is 0 Å². The minimum absolute atomic E-state index is 0.0135. The molecule has 1 fully saturated rings. The number of carbonyl (C=O) groups is 2. The maximum atomic E-state index is 12.9. The molecule has 2 rings (SSSR count). The molecule has 0 spiro atoms. The number of primary amides is 1. The molecule has 2 heterocycles. The summed E-state index contributed by atoms with van der Waals surface area (Å²) in [5, 5.41) is 6.58. The fraction of sp³-hybridized carbons (Fsp3) is 0.438. The van der Waals surface area contributed by atoms with Gasteiger partial charge in [-0.1, -0.05) is 24.8 Å². The zero-order valence-corrected chi connectivity index (χ0v) is 16.7. The van der Waals surface area contributed by atoms with E-state index >= 15 is 0 Å². The predicted molar refractivity (Wildman–Crippen MR) is 104 cm³/mol. The van der Waals surface area contributed by atoms with E-state index in [9.17, 15) is 18.0 Å². The fourth-order valence-electron chi connectivity index (χ4n) is 2.44. The Kier molecular flexibility index (Phi) is 7.22. The predicted octanol–water partition coefficient (Wildman–Crippen LogP) is 0.539. The molecular formula is C16H23N5O4S2. The maximum Gasteiger partial charge on any atom is 0.272 e. The molecule has 0 unspecified atom stereocenters. The number of amides is 2. The second-order valence-corrected chi connectivity index (χ2v) is 9.17. The second-order valence-electron chi connectivity index (χ2n) is 5.99. The van der Waals surface area contributed by atoms with Gasteiger partial charge in [-0.3, -0.25) is 14.3 Å². The first kappa shape index (κ1) is 21.2. The number of carbonyl (C=O) groups excluding carboxylic acids is 2. The molecule has 9 nitrogen and oxygen atoms in total. The van der Waals surface area contributed by atoms with Crippen molar-refractivity contribution in [3.8, 4) is 0 Å². The minimum Gasteiger partial charge on any atom is -0.366 e. The van der Waals surface area contributed by atoms with Gasteiger partial charge >= 0.3 is 0 Å². The van der Waals surface area contributed by atoms with Crippen LogP contribution in [0, 0.1) is 0 Å². The second kappa shape index (κ2) is 9.20. The van der Waals surface area contributed by atoms with Gasteiger partial charge in [-0.25, -0.2) is 8.42 Å². The quantitative estimate of drug-likeness (QED) is 0.364. The lowest BCUT2D eigenvalue weighted by Gasteiger charge is -2.26. The zero-order valence-electron chi connectivity index (χ0n) is 15.1. The van der Waals surface area contributed by atoms with Gasteiger partial charge in [0.2, 0.25) is 15.9 Å². The highest BCUT2D eigenvalue weighted by molar-refractivity contribution is 8.17. The number of piperidine rings is 1. The average molecular weight is 414 g/mol. The monoisotopic (exact) mass is 413 g/mol. The molecule has 0 aromatic carbocycles. The van der Waals surface area contributed by atoms with Gasteiger partial charge in [0.05, 0.1) is 5.88 Å². The maximum absolute atomic E-state index is 12.9. The Morgan fingerprint density at radius 1 is 1.37 bits per heavy atom. The molecule has 0 bridgehead atoms. The Bertz CT molecular complexity index is 854. The number of hydrogen-bond donors (Lipinski definition) is 2. The average Bonchev–Trinajstić information content (AvgIpc) is 3.07. The van der Waals surface area contributed by atoms with E-state index < -0.39 is 21.8 Å². The van der Waals surface area contributed by atoms with Crippen molar-refractivity contribution in [2.75, 3.05) is 19.0 Å². The van der Waals surface area contributed by atoms with Gasteiger partial charge in [-0.05, 0) is 25.0 Å². The lowest BCUT2D eigenvalue weighted by Crippen LogP contribution is -2.36. The molecule has 1 aliphatic heterocycles. The highest BCUT2D eigenvalue weighted by Gasteiger charge is 2.29. The van der Waals surface area contributed by atoms with Crippen LogP contribution < -0.4 is 11.1 Å². The van der Waals surface area contributed by atoms with E-state index in [-0.39, 0.29) is 21.4 Å². The van der Waals surface area contributed by atoms with Crippen LogP contribution in [0.4, 0.5) is 0 Å². The van der Waals surface area contributed by atoms with Crippen molar-refractivity contribution in [2.24, 2.45) is 12.8 Å². The molecule has 0 aliphatic carbocycles. The molecule has 0 atom stereocenters. The van der Waals surface area contributed by atoms with E-state index in [0.717, 1.165) is 37.1 Å². The van der Waals surface area contributed by atoms with Gasteiger partial charge in [0.1, 0.15) is 9.93 Å². The van der Waals surface area contributed by atoms with Crippen molar-refractivity contribution < 1.29 is 18.0 Å². The van der Waals surface area contributed by atoms with Crippen molar-refractivity contribution in [2.45, 2.75) is 19.3 Å². The van der Waals surface area contributed by atoms with Gasteiger partial charge in [-0.2, -0.15) is 9.40 Å². The number of nitrogens with one attached hydrogen (secondary N) is 1. The Hall–Kier alpha value is -2.11. The molecule has 27 heavy (non-hydrogen) atoms. The smallest absolute Gasteiger partial charge is 0.272 e. The van der Waals surface area contributed by atoms with Crippen molar-refractivity contribution in [3.63, 3.8) is 0 Å². The van der Waals surface area contributed by atoms with Crippen LogP contribution in [-0.4, -0.2) is 53.3 Å².